The zero-order valence-corrected chi connectivity index (χ0v) is 9.58. The number of fused-ring (bicyclic) bond motifs is 1. The van der Waals surface area contributed by atoms with Crippen molar-refractivity contribution in [3.8, 4) is 0 Å². The van der Waals surface area contributed by atoms with Gasteiger partial charge < -0.3 is 0 Å². The number of rotatable bonds is 1. The van der Waals surface area contributed by atoms with E-state index in [0.717, 1.165) is 6.26 Å². The van der Waals surface area contributed by atoms with Gasteiger partial charge in [-0.05, 0) is 15.9 Å². The third kappa shape index (κ3) is 1.42. The third-order valence-electron chi connectivity index (χ3n) is 1.70. The number of halogens is 1. The molecule has 0 saturated heterocycles. The molecule has 2 heterocycles. The maximum atomic E-state index is 11.3. The maximum Gasteiger partial charge on any atom is 0.198 e. The molecule has 0 saturated carbocycles. The van der Waals surface area contributed by atoms with Gasteiger partial charge in [0.15, 0.2) is 20.5 Å². The summed E-state index contributed by atoms with van der Waals surface area (Å²) in [5.74, 6) is 0. The molecule has 14 heavy (non-hydrogen) atoms. The van der Waals surface area contributed by atoms with Gasteiger partial charge in [-0.15, -0.1) is 0 Å². The van der Waals surface area contributed by atoms with Crippen molar-refractivity contribution in [3.63, 3.8) is 0 Å². The van der Waals surface area contributed by atoms with Crippen LogP contribution in [0.5, 0.6) is 0 Å². The van der Waals surface area contributed by atoms with E-state index in [1.54, 1.807) is 10.6 Å². The van der Waals surface area contributed by atoms with Gasteiger partial charge >= 0.3 is 0 Å². The summed E-state index contributed by atoms with van der Waals surface area (Å²) < 4.78 is 25.0. The topological polar surface area (TPSA) is 64.3 Å². The van der Waals surface area contributed by atoms with Crippen LogP contribution in [-0.4, -0.2) is 29.0 Å². The van der Waals surface area contributed by atoms with Gasteiger partial charge in [0.2, 0.25) is 0 Å². The average Bonchev–Trinajstić information content (AvgIpc) is 2.46. The molecule has 0 atom stereocenters. The molecule has 0 unspecified atom stereocenters. The van der Waals surface area contributed by atoms with Crippen molar-refractivity contribution in [2.24, 2.45) is 0 Å². The Bertz CT molecular complexity index is 590. The summed E-state index contributed by atoms with van der Waals surface area (Å²) in [6, 6.07) is 0. The van der Waals surface area contributed by atoms with Gasteiger partial charge in [-0.2, -0.15) is 0 Å². The highest BCUT2D eigenvalue weighted by Gasteiger charge is 2.15. The molecule has 0 fully saturated rings. The fourth-order valence-corrected chi connectivity index (χ4v) is 2.25. The van der Waals surface area contributed by atoms with Crippen LogP contribution in [0.1, 0.15) is 0 Å². The SMILES string of the molecule is CS(=O)(=O)c1nccn2c(Br)cnc12. The van der Waals surface area contributed by atoms with Crippen LogP contribution < -0.4 is 0 Å². The zero-order chi connectivity index (χ0) is 10.3. The van der Waals surface area contributed by atoms with Crippen LogP contribution in [-0.2, 0) is 9.84 Å². The van der Waals surface area contributed by atoms with Crippen LogP contribution in [0.3, 0.4) is 0 Å². The van der Waals surface area contributed by atoms with Crippen molar-refractivity contribution >= 4 is 31.4 Å². The lowest BCUT2D eigenvalue weighted by Gasteiger charge is -1.99. The van der Waals surface area contributed by atoms with E-state index in [2.05, 4.69) is 25.9 Å². The van der Waals surface area contributed by atoms with Crippen molar-refractivity contribution in [1.82, 2.24) is 14.4 Å². The largest absolute Gasteiger partial charge is 0.290 e. The maximum absolute atomic E-state index is 11.3. The van der Waals surface area contributed by atoms with Crippen LogP contribution >= 0.6 is 15.9 Å². The molecule has 5 nitrogen and oxygen atoms in total. The summed E-state index contributed by atoms with van der Waals surface area (Å²) in [4.78, 5) is 7.76. The molecule has 0 N–H and O–H groups in total. The van der Waals surface area contributed by atoms with Gasteiger partial charge in [0.1, 0.15) is 4.60 Å². The Labute approximate surface area is 88.8 Å². The number of aromatic nitrogens is 3. The minimum absolute atomic E-state index is 0.00861. The Morgan fingerprint density at radius 2 is 2.14 bits per heavy atom. The highest BCUT2D eigenvalue weighted by Crippen LogP contribution is 2.17. The van der Waals surface area contributed by atoms with Crippen LogP contribution in [0.2, 0.25) is 0 Å². The van der Waals surface area contributed by atoms with E-state index in [0.29, 0.717) is 10.3 Å². The molecule has 7 heteroatoms. The Morgan fingerprint density at radius 3 is 2.79 bits per heavy atom. The molecule has 0 bridgehead atoms. The minimum atomic E-state index is -3.33. The number of hydrogen-bond donors (Lipinski definition) is 0. The van der Waals surface area contributed by atoms with Crippen LogP contribution in [0.4, 0.5) is 0 Å². The first-order valence-corrected chi connectivity index (χ1v) is 6.36. The first-order chi connectivity index (χ1) is 6.50. The first-order valence-electron chi connectivity index (χ1n) is 3.68. The molecule has 2 aromatic heterocycles. The fraction of sp³-hybridized carbons (Fsp3) is 0.143. The van der Waals surface area contributed by atoms with E-state index in [-0.39, 0.29) is 5.03 Å². The van der Waals surface area contributed by atoms with E-state index < -0.39 is 9.84 Å². The van der Waals surface area contributed by atoms with E-state index in [1.807, 2.05) is 0 Å². The lowest BCUT2D eigenvalue weighted by Crippen LogP contribution is -2.03. The lowest BCUT2D eigenvalue weighted by molar-refractivity contribution is 0.598. The van der Waals surface area contributed by atoms with Crippen LogP contribution in [0.25, 0.3) is 5.65 Å². The van der Waals surface area contributed by atoms with E-state index in [9.17, 15) is 8.42 Å². The van der Waals surface area contributed by atoms with Gasteiger partial charge in [-0.1, -0.05) is 0 Å². The van der Waals surface area contributed by atoms with Gasteiger partial charge in [0.05, 0.1) is 6.20 Å². The summed E-state index contributed by atoms with van der Waals surface area (Å²) in [5.41, 5.74) is 0.335. The Balaban J connectivity index is 2.92. The molecule has 2 rings (SSSR count). The van der Waals surface area contributed by atoms with Crippen molar-refractivity contribution in [1.29, 1.82) is 0 Å². The Hall–Kier alpha value is -0.950. The molecular formula is C7H6BrN3O2S. The number of sulfone groups is 1. The quantitative estimate of drug-likeness (QED) is 0.776. The smallest absolute Gasteiger partial charge is 0.198 e. The molecule has 0 radical (unpaired) electrons. The fourth-order valence-electron chi connectivity index (χ4n) is 1.13. The van der Waals surface area contributed by atoms with Crippen molar-refractivity contribution in [3.05, 3.63) is 23.2 Å². The van der Waals surface area contributed by atoms with E-state index in [4.69, 9.17) is 0 Å². The predicted octanol–water partition coefficient (Wildman–Crippen LogP) is 0.895. The summed E-state index contributed by atoms with van der Waals surface area (Å²) >= 11 is 3.25. The zero-order valence-electron chi connectivity index (χ0n) is 7.18. The standard InChI is InChI=1S/C7H6BrN3O2S/c1-14(12,13)7-6-10-4-5(8)11(6)3-2-9-7/h2-4H,1H3. The predicted molar refractivity (Wildman–Crippen MR) is 53.8 cm³/mol. The second kappa shape index (κ2) is 3.03. The molecule has 0 aliphatic heterocycles. The molecule has 0 spiro atoms. The highest BCUT2D eigenvalue weighted by molar-refractivity contribution is 9.10. The summed E-state index contributed by atoms with van der Waals surface area (Å²) in [6.45, 7) is 0. The molecular weight excluding hydrogens is 270 g/mol. The normalized spacial score (nSPS) is 12.1. The minimum Gasteiger partial charge on any atom is -0.290 e. The number of imidazole rings is 1. The Kier molecular flexibility index (Phi) is 2.07. The number of nitrogens with zero attached hydrogens (tertiary/aromatic N) is 3. The second-order valence-electron chi connectivity index (χ2n) is 2.78. The molecule has 0 amide bonds. The average molecular weight is 276 g/mol. The Morgan fingerprint density at radius 1 is 1.43 bits per heavy atom. The van der Waals surface area contributed by atoms with Crippen molar-refractivity contribution in [2.75, 3.05) is 6.26 Å². The van der Waals surface area contributed by atoms with Crippen LogP contribution in [0, 0.1) is 0 Å². The third-order valence-corrected chi connectivity index (χ3v) is 3.28. The van der Waals surface area contributed by atoms with Crippen LogP contribution in [0.15, 0.2) is 28.2 Å². The summed E-state index contributed by atoms with van der Waals surface area (Å²) in [6.07, 6.45) is 5.71. The van der Waals surface area contributed by atoms with E-state index in [1.165, 1.54) is 12.4 Å². The van der Waals surface area contributed by atoms with Crippen molar-refractivity contribution < 1.29 is 8.42 Å². The molecule has 0 aromatic carbocycles. The monoisotopic (exact) mass is 275 g/mol. The second-order valence-corrected chi connectivity index (χ2v) is 5.52. The van der Waals surface area contributed by atoms with Gasteiger partial charge in [-0.25, -0.2) is 18.4 Å². The van der Waals surface area contributed by atoms with Gasteiger partial charge in [-0.3, -0.25) is 4.40 Å². The molecule has 0 aliphatic rings. The molecule has 0 aliphatic carbocycles. The highest BCUT2D eigenvalue weighted by atomic mass is 79.9. The van der Waals surface area contributed by atoms with Gasteiger partial charge in [0, 0.05) is 18.6 Å². The van der Waals surface area contributed by atoms with Gasteiger partial charge in [0.25, 0.3) is 0 Å². The van der Waals surface area contributed by atoms with E-state index >= 15 is 0 Å². The molecule has 2 aromatic rings. The first kappa shape index (κ1) is 9.60. The summed E-state index contributed by atoms with van der Waals surface area (Å²) in [7, 11) is -3.33. The molecule has 74 valence electrons. The van der Waals surface area contributed by atoms with Crippen molar-refractivity contribution in [2.45, 2.75) is 5.03 Å². The number of hydrogen-bond acceptors (Lipinski definition) is 4. The lowest BCUT2D eigenvalue weighted by atomic mass is 10.7. The summed E-state index contributed by atoms with van der Waals surface area (Å²) in [5, 5.41) is -0.00861.